The van der Waals surface area contributed by atoms with Crippen molar-refractivity contribution in [2.45, 2.75) is 168 Å². The summed E-state index contributed by atoms with van der Waals surface area (Å²) in [4.78, 5) is 25.2. The summed E-state index contributed by atoms with van der Waals surface area (Å²) in [7, 11) is -4.11. The van der Waals surface area contributed by atoms with Crippen molar-refractivity contribution in [3.63, 3.8) is 0 Å². The number of hydrogen-bond donors (Lipinski definition) is 3. The van der Waals surface area contributed by atoms with Gasteiger partial charge in [0.2, 0.25) is 11.7 Å². The molecular weight excluding hydrogens is 699 g/mol. The van der Waals surface area contributed by atoms with Gasteiger partial charge in [-0.05, 0) is 142 Å². The molecule has 9 rings (SSSR count). The van der Waals surface area contributed by atoms with Crippen LogP contribution in [0.5, 0.6) is 0 Å². The number of carbonyl (C=O) groups excluding carboxylic acids is 1. The Kier molecular flexibility index (Phi) is 10.2. The van der Waals surface area contributed by atoms with Crippen molar-refractivity contribution in [2.24, 2.45) is 70.0 Å². The van der Waals surface area contributed by atoms with Crippen LogP contribution in [0.1, 0.15) is 131 Å². The SMILES string of the molecule is C[C@H]1C(O[C@@H]2CC3C[C@H](O)CC[C@]3(C)C3CC[C@@]4(C)C(CC[C@@H]4[C@H](C)CCC(=O)NCCS(=O)(=O)O)C32)OC2OC3(C)CCC4[C@H](C)CCC1[C@@]24OO3. The van der Waals surface area contributed by atoms with Gasteiger partial charge in [-0.3, -0.25) is 9.35 Å². The maximum atomic E-state index is 12.6. The smallest absolute Gasteiger partial charge is 0.266 e. The van der Waals surface area contributed by atoms with E-state index < -0.39 is 39.8 Å². The van der Waals surface area contributed by atoms with Gasteiger partial charge in [0, 0.05) is 31.2 Å². The molecule has 0 radical (unpaired) electrons. The van der Waals surface area contributed by atoms with Crippen LogP contribution in [0.3, 0.4) is 0 Å². The molecule has 4 saturated heterocycles. The Morgan fingerprint density at radius 1 is 0.906 bits per heavy atom. The molecule has 0 aromatic rings. The van der Waals surface area contributed by atoms with Gasteiger partial charge in [-0.25, -0.2) is 9.78 Å². The van der Waals surface area contributed by atoms with Crippen LogP contribution in [0.4, 0.5) is 0 Å². The summed E-state index contributed by atoms with van der Waals surface area (Å²) in [6.45, 7) is 13.9. The molecule has 12 heteroatoms. The van der Waals surface area contributed by atoms with E-state index >= 15 is 0 Å². The fraction of sp³-hybridized carbons (Fsp3) is 0.976. The summed E-state index contributed by atoms with van der Waals surface area (Å²) >= 11 is 0. The molecule has 9 fully saturated rings. The Bertz CT molecular complexity index is 1500. The molecule has 5 saturated carbocycles. The summed E-state index contributed by atoms with van der Waals surface area (Å²) < 4.78 is 52.5. The first kappa shape index (κ1) is 39.0. The maximum absolute atomic E-state index is 12.6. The maximum Gasteiger partial charge on any atom is 0.266 e. The van der Waals surface area contributed by atoms with Crippen molar-refractivity contribution in [1.82, 2.24) is 5.32 Å². The highest BCUT2D eigenvalue weighted by Crippen LogP contribution is 2.69. The molecule has 5 aliphatic carbocycles. The lowest BCUT2D eigenvalue weighted by atomic mass is 9.43. The number of hydrogen-bond acceptors (Lipinski definition) is 9. The van der Waals surface area contributed by atoms with Crippen LogP contribution in [0.25, 0.3) is 0 Å². The fourth-order valence-electron chi connectivity index (χ4n) is 14.5. The van der Waals surface area contributed by atoms with Crippen molar-refractivity contribution in [3.05, 3.63) is 0 Å². The summed E-state index contributed by atoms with van der Waals surface area (Å²) in [5.74, 6) is 2.29. The van der Waals surface area contributed by atoms with Crippen LogP contribution in [-0.2, 0) is 38.9 Å². The van der Waals surface area contributed by atoms with Crippen LogP contribution in [0, 0.1) is 70.0 Å². The van der Waals surface area contributed by atoms with E-state index in [9.17, 15) is 18.3 Å². The average molecular weight is 766 g/mol. The number of nitrogens with one attached hydrogen (secondary N) is 1. The lowest BCUT2D eigenvalue weighted by Crippen LogP contribution is -2.71. The van der Waals surface area contributed by atoms with Crippen molar-refractivity contribution < 1.29 is 46.9 Å². The molecule has 18 atom stereocenters. The van der Waals surface area contributed by atoms with Gasteiger partial charge in [0.25, 0.3) is 10.1 Å². The molecule has 9 unspecified atom stereocenters. The zero-order chi connectivity index (χ0) is 37.7. The van der Waals surface area contributed by atoms with Crippen LogP contribution >= 0.6 is 0 Å². The second-order valence-corrected chi connectivity index (χ2v) is 21.6. The normalized spacial score (nSPS) is 52.3. The van der Waals surface area contributed by atoms with E-state index in [0.29, 0.717) is 53.8 Å². The zero-order valence-corrected chi connectivity index (χ0v) is 33.8. The molecule has 4 heterocycles. The van der Waals surface area contributed by atoms with E-state index in [4.69, 9.17) is 28.5 Å². The molecule has 1 amide bonds. The first-order chi connectivity index (χ1) is 25.0. The van der Waals surface area contributed by atoms with Crippen molar-refractivity contribution in [1.29, 1.82) is 0 Å². The van der Waals surface area contributed by atoms with Crippen LogP contribution in [0.15, 0.2) is 0 Å². The van der Waals surface area contributed by atoms with E-state index in [0.717, 1.165) is 83.5 Å². The largest absolute Gasteiger partial charge is 0.393 e. The van der Waals surface area contributed by atoms with Gasteiger partial charge in [-0.1, -0.05) is 34.6 Å². The van der Waals surface area contributed by atoms with Crippen LogP contribution in [0.2, 0.25) is 0 Å². The fourth-order valence-corrected chi connectivity index (χ4v) is 14.8. The third-order valence-corrected chi connectivity index (χ3v) is 18.0. The molecule has 0 aromatic carbocycles. The Morgan fingerprint density at radius 2 is 1.62 bits per heavy atom. The Balaban J connectivity index is 1.03. The Hall–Kier alpha value is -0.860. The van der Waals surface area contributed by atoms with Crippen molar-refractivity contribution >= 4 is 16.0 Å². The number of carbonyl (C=O) groups is 1. The lowest BCUT2D eigenvalue weighted by molar-refractivity contribution is -0.578. The number of aliphatic hydroxyl groups excluding tert-OH is 1. The number of amides is 1. The highest BCUT2D eigenvalue weighted by atomic mass is 32.2. The van der Waals surface area contributed by atoms with Gasteiger partial charge in [0.1, 0.15) is 0 Å². The van der Waals surface area contributed by atoms with E-state index in [2.05, 4.69) is 39.9 Å². The first-order valence-corrected chi connectivity index (χ1v) is 22.8. The third kappa shape index (κ3) is 6.57. The number of fused-ring (bicyclic) bond motifs is 7. The highest BCUT2D eigenvalue weighted by Gasteiger charge is 2.70. The predicted molar refractivity (Wildman–Crippen MR) is 196 cm³/mol. The summed E-state index contributed by atoms with van der Waals surface area (Å²) in [5, 5.41) is 13.6. The molecule has 2 bridgehead atoms. The highest BCUT2D eigenvalue weighted by molar-refractivity contribution is 7.85. The van der Waals surface area contributed by atoms with Gasteiger partial charge in [0.05, 0.1) is 18.0 Å². The van der Waals surface area contributed by atoms with Gasteiger partial charge in [-0.15, -0.1) is 0 Å². The standard InChI is InChI=1S/C41H67NO10S/c1-23(8-12-34(44)42-19-20-53(45,46)47)28-10-11-31-35-32(14-17-39(28,31)5)38(4)16-13-27(43)21-26(38)22-33(35)48-36-25(3)30-9-7-24(2)29-15-18-40(6)50-37(49-36)41(29,30)52-51-40/h23-33,35-37,43H,7-22H2,1-6H3,(H,42,44)(H,45,46,47)/t23-,24-,25-,26?,27-,28-,29?,30?,31?,32?,33-,35?,36?,37?,38+,39-,40?,41-/m1/s1. The minimum atomic E-state index is -4.11. The van der Waals surface area contributed by atoms with E-state index in [1.807, 2.05) is 6.92 Å². The molecule has 9 aliphatic rings. The van der Waals surface area contributed by atoms with Gasteiger partial charge in [0.15, 0.2) is 18.2 Å². The van der Waals surface area contributed by atoms with Crippen molar-refractivity contribution in [3.8, 4) is 0 Å². The second-order valence-electron chi connectivity index (χ2n) is 20.0. The molecule has 1 spiro atoms. The quantitative estimate of drug-likeness (QED) is 0.133. The van der Waals surface area contributed by atoms with E-state index in [1.54, 1.807) is 0 Å². The number of ether oxygens (including phenoxy) is 3. The molecular formula is C41H67NO10S. The first-order valence-electron chi connectivity index (χ1n) is 21.2. The van der Waals surface area contributed by atoms with Crippen molar-refractivity contribution in [2.75, 3.05) is 12.3 Å². The van der Waals surface area contributed by atoms with E-state index in [1.165, 1.54) is 0 Å². The molecule has 4 aliphatic heterocycles. The predicted octanol–water partition coefficient (Wildman–Crippen LogP) is 6.63. The topological polar surface area (TPSA) is 150 Å². The average Bonchev–Trinajstić information content (AvgIpc) is 3.29. The number of aliphatic hydroxyl groups is 1. The summed E-state index contributed by atoms with van der Waals surface area (Å²) in [6.07, 6.45) is 12.2. The minimum Gasteiger partial charge on any atom is -0.393 e. The molecule has 302 valence electrons. The molecule has 11 nitrogen and oxygen atoms in total. The summed E-state index contributed by atoms with van der Waals surface area (Å²) in [5.41, 5.74) is -0.325. The molecule has 53 heavy (non-hydrogen) atoms. The van der Waals surface area contributed by atoms with E-state index in [-0.39, 0.29) is 47.3 Å². The summed E-state index contributed by atoms with van der Waals surface area (Å²) in [6, 6.07) is 0. The van der Waals surface area contributed by atoms with Gasteiger partial charge in [-0.2, -0.15) is 8.42 Å². The third-order valence-electron chi connectivity index (χ3n) is 17.3. The lowest BCUT2D eigenvalue weighted by Gasteiger charge is -2.64. The Morgan fingerprint density at radius 3 is 2.40 bits per heavy atom. The van der Waals surface area contributed by atoms with Crippen LogP contribution in [-0.4, -0.2) is 72.5 Å². The second kappa shape index (κ2) is 13.9. The van der Waals surface area contributed by atoms with Crippen LogP contribution < -0.4 is 5.32 Å². The van der Waals surface area contributed by atoms with Gasteiger partial charge < -0.3 is 24.6 Å². The molecule has 0 aromatic heterocycles. The van der Waals surface area contributed by atoms with Gasteiger partial charge >= 0.3 is 0 Å². The minimum absolute atomic E-state index is 0.0196. The monoisotopic (exact) mass is 765 g/mol. The number of rotatable bonds is 9. The zero-order valence-electron chi connectivity index (χ0n) is 33.0. The Labute approximate surface area is 317 Å². The molecule has 3 N–H and O–H groups in total.